The molecule has 1 fully saturated rings. The first-order chi connectivity index (χ1) is 28.0. The van der Waals surface area contributed by atoms with Gasteiger partial charge in [0.1, 0.15) is 0 Å². The Morgan fingerprint density at radius 1 is 0.632 bits per heavy atom. The number of carbonyl (C=O) groups is 1. The second kappa shape index (κ2) is 12.5. The number of allylic oxidation sites excluding steroid dienone is 4. The van der Waals surface area contributed by atoms with Crippen molar-refractivity contribution in [2.75, 3.05) is 0 Å². The fourth-order valence-corrected chi connectivity index (χ4v) is 11.4. The van der Waals surface area contributed by atoms with Crippen molar-refractivity contribution < 1.29 is 4.79 Å². The third-order valence-electron chi connectivity index (χ3n) is 14.3. The minimum atomic E-state index is -0.221. The smallest absolute Gasteiger partial charge is 0.159 e. The van der Waals surface area contributed by atoms with E-state index < -0.39 is 0 Å². The van der Waals surface area contributed by atoms with Crippen molar-refractivity contribution in [3.63, 3.8) is 0 Å². The molecule has 3 heteroatoms. The number of fused-ring (bicyclic) bond motifs is 11. The molecule has 6 aromatic carbocycles. The van der Waals surface area contributed by atoms with Crippen LogP contribution in [0.4, 0.5) is 0 Å². The van der Waals surface area contributed by atoms with Gasteiger partial charge in [0, 0.05) is 56.7 Å². The van der Waals surface area contributed by atoms with E-state index in [1.165, 1.54) is 102 Å². The van der Waals surface area contributed by atoms with Crippen LogP contribution in [0.1, 0.15) is 63.0 Å². The van der Waals surface area contributed by atoms with Crippen molar-refractivity contribution in [2.24, 2.45) is 17.8 Å². The highest BCUT2D eigenvalue weighted by Gasteiger charge is 2.41. The largest absolute Gasteiger partial charge is 0.309 e. The Labute approximate surface area is 333 Å². The topological polar surface area (TPSA) is 26.9 Å². The Bertz CT molecular complexity index is 2770. The summed E-state index contributed by atoms with van der Waals surface area (Å²) in [6.45, 7) is 2.48. The summed E-state index contributed by atoms with van der Waals surface area (Å²) in [6, 6.07) is 49.6. The summed E-state index contributed by atoms with van der Waals surface area (Å²) in [5.41, 5.74) is 14.9. The van der Waals surface area contributed by atoms with Gasteiger partial charge < -0.3 is 9.13 Å². The lowest BCUT2D eigenvalue weighted by Crippen LogP contribution is -2.21. The van der Waals surface area contributed by atoms with Gasteiger partial charge in [-0.15, -0.1) is 0 Å². The number of rotatable bonds is 9. The lowest BCUT2D eigenvalue weighted by Gasteiger charge is -2.28. The zero-order chi connectivity index (χ0) is 37.8. The summed E-state index contributed by atoms with van der Waals surface area (Å²) >= 11 is 0. The van der Waals surface area contributed by atoms with E-state index in [2.05, 4.69) is 168 Å². The monoisotopic (exact) mass is 737 g/mol. The average Bonchev–Trinajstić information content (AvgIpc) is 3.52. The number of ketones is 1. The Hall–Kier alpha value is -5.93. The molecule has 4 aliphatic rings. The molecule has 8 aromatic rings. The maximum absolute atomic E-state index is 13.5. The normalized spacial score (nSPS) is 20.3. The molecule has 4 aliphatic carbocycles. The number of hydrogen-bond donors (Lipinski definition) is 0. The van der Waals surface area contributed by atoms with Crippen LogP contribution in [0.5, 0.6) is 0 Å². The van der Waals surface area contributed by atoms with E-state index >= 15 is 0 Å². The number of hydrogen-bond acceptors (Lipinski definition) is 1. The van der Waals surface area contributed by atoms with Crippen LogP contribution < -0.4 is 0 Å². The summed E-state index contributed by atoms with van der Waals surface area (Å²) in [5, 5.41) is 5.12. The molecule has 2 heterocycles. The highest BCUT2D eigenvalue weighted by Crippen LogP contribution is 2.54. The minimum Gasteiger partial charge on any atom is -0.309 e. The van der Waals surface area contributed by atoms with Gasteiger partial charge in [-0.3, -0.25) is 4.79 Å². The Morgan fingerprint density at radius 2 is 1.14 bits per heavy atom. The molecular formula is C54H45N2O. The van der Waals surface area contributed by atoms with Crippen molar-refractivity contribution in [2.45, 2.75) is 57.3 Å². The molecule has 12 rings (SSSR count). The van der Waals surface area contributed by atoms with Gasteiger partial charge in [0.2, 0.25) is 0 Å². The van der Waals surface area contributed by atoms with E-state index in [-0.39, 0.29) is 5.41 Å². The standard InChI is InChI=1S/C54H45N2O/c1-54(28-10-11-37-30-46(37)53(57)31-36-23-21-34-20-22-35(36)29-34)47-32-38(55-49-16-6-2-12-42(49)43-13-3-7-17-50(43)55)24-26-40(47)41-27-25-39(33-48(41)54)56-51-18-8-4-14-44(51)45-15-5-9-19-52(45)56/h2-9,12-20,22,24-27,30,32-36H,10-11,21,23,28-29,31H2,1H3. The predicted octanol–water partition coefficient (Wildman–Crippen LogP) is 13.4. The quantitative estimate of drug-likeness (QED) is 0.136. The first kappa shape index (κ1) is 33.2. The average molecular weight is 738 g/mol. The molecule has 3 unspecified atom stereocenters. The highest BCUT2D eigenvalue weighted by molar-refractivity contribution is 6.10. The second-order valence-electron chi connectivity index (χ2n) is 17.5. The van der Waals surface area contributed by atoms with Gasteiger partial charge in [-0.2, -0.15) is 0 Å². The number of carbonyl (C=O) groups excluding carboxylic acids is 1. The first-order valence-corrected chi connectivity index (χ1v) is 21.1. The van der Waals surface area contributed by atoms with Crippen LogP contribution in [0.2, 0.25) is 0 Å². The fourth-order valence-electron chi connectivity index (χ4n) is 11.4. The van der Waals surface area contributed by atoms with Crippen LogP contribution >= 0.6 is 0 Å². The molecule has 0 N–H and O–H groups in total. The summed E-state index contributed by atoms with van der Waals surface area (Å²) in [5.74, 6) is 2.26. The van der Waals surface area contributed by atoms with Gasteiger partial charge in [-0.1, -0.05) is 110 Å². The van der Waals surface area contributed by atoms with Crippen LogP contribution in [-0.2, 0) is 10.2 Å². The summed E-state index contributed by atoms with van der Waals surface area (Å²) in [6.07, 6.45) is 14.4. The Balaban J connectivity index is 0.938. The molecule has 0 saturated heterocycles. The van der Waals surface area contributed by atoms with Crippen LogP contribution in [0, 0.1) is 24.2 Å². The van der Waals surface area contributed by atoms with E-state index in [1.54, 1.807) is 0 Å². The lowest BCUT2D eigenvalue weighted by atomic mass is 9.75. The van der Waals surface area contributed by atoms with Crippen LogP contribution in [0.15, 0.2) is 157 Å². The molecule has 3 nitrogen and oxygen atoms in total. The van der Waals surface area contributed by atoms with Gasteiger partial charge in [0.05, 0.1) is 22.1 Å². The molecule has 277 valence electrons. The van der Waals surface area contributed by atoms with Crippen molar-refractivity contribution in [1.82, 2.24) is 9.13 Å². The Kier molecular flexibility index (Phi) is 7.31. The van der Waals surface area contributed by atoms with Gasteiger partial charge in [0.25, 0.3) is 0 Å². The number of aromatic nitrogens is 2. The lowest BCUT2D eigenvalue weighted by molar-refractivity contribution is -0.116. The first-order valence-electron chi connectivity index (χ1n) is 21.1. The SMILES string of the molecule is CC1(CCCC2=C(C(=O)CC3CCC4C=CC3C4)[CH]2)c2cc(-n3c4ccccc4c4ccccc43)ccc2-c2ccc(-n3c4ccccc4c4ccccc43)cc21. The number of benzene rings is 6. The third-order valence-corrected chi connectivity index (χ3v) is 14.3. The van der Waals surface area contributed by atoms with Crippen LogP contribution in [-0.4, -0.2) is 14.9 Å². The van der Waals surface area contributed by atoms with Crippen molar-refractivity contribution in [1.29, 1.82) is 0 Å². The molecule has 0 spiro atoms. The van der Waals surface area contributed by atoms with E-state index in [9.17, 15) is 4.79 Å². The van der Waals surface area contributed by atoms with Crippen molar-refractivity contribution in [3.05, 3.63) is 174 Å². The zero-order valence-corrected chi connectivity index (χ0v) is 32.4. The molecule has 3 atom stereocenters. The number of nitrogens with zero attached hydrogens (tertiary/aromatic N) is 2. The molecule has 2 aromatic heterocycles. The fraction of sp³-hybridized carbons (Fsp3) is 0.222. The molecule has 57 heavy (non-hydrogen) atoms. The third kappa shape index (κ3) is 5.07. The molecular weight excluding hydrogens is 693 g/mol. The summed E-state index contributed by atoms with van der Waals surface area (Å²) in [7, 11) is 0. The minimum absolute atomic E-state index is 0.221. The van der Waals surface area contributed by atoms with Gasteiger partial charge >= 0.3 is 0 Å². The summed E-state index contributed by atoms with van der Waals surface area (Å²) in [4.78, 5) is 13.5. The van der Waals surface area contributed by atoms with E-state index in [0.717, 1.165) is 30.8 Å². The van der Waals surface area contributed by atoms with Gasteiger partial charge in [0.15, 0.2) is 5.78 Å². The number of Topliss-reactive ketones (excluding diaryl/α,β-unsaturated/α-hetero) is 1. The molecule has 1 radical (unpaired) electrons. The van der Waals surface area contributed by atoms with Crippen LogP contribution in [0.25, 0.3) is 66.1 Å². The Morgan fingerprint density at radius 3 is 1.67 bits per heavy atom. The molecule has 2 bridgehead atoms. The van der Waals surface area contributed by atoms with E-state index in [0.29, 0.717) is 24.0 Å². The van der Waals surface area contributed by atoms with Gasteiger partial charge in [-0.05, 0) is 127 Å². The second-order valence-corrected chi connectivity index (χ2v) is 17.5. The highest BCUT2D eigenvalue weighted by atomic mass is 16.1. The predicted molar refractivity (Wildman–Crippen MR) is 235 cm³/mol. The van der Waals surface area contributed by atoms with Crippen molar-refractivity contribution >= 4 is 49.4 Å². The van der Waals surface area contributed by atoms with E-state index in [4.69, 9.17) is 0 Å². The molecule has 0 aliphatic heterocycles. The molecule has 1 saturated carbocycles. The van der Waals surface area contributed by atoms with Crippen LogP contribution in [0.3, 0.4) is 0 Å². The van der Waals surface area contributed by atoms with E-state index in [1.807, 2.05) is 0 Å². The number of para-hydroxylation sites is 4. The molecule has 0 amide bonds. The zero-order valence-electron chi connectivity index (χ0n) is 32.4. The maximum Gasteiger partial charge on any atom is 0.159 e. The maximum atomic E-state index is 13.5. The van der Waals surface area contributed by atoms with Gasteiger partial charge in [-0.25, -0.2) is 0 Å². The van der Waals surface area contributed by atoms with Crippen molar-refractivity contribution in [3.8, 4) is 22.5 Å². The summed E-state index contributed by atoms with van der Waals surface area (Å²) < 4.78 is 4.90.